The van der Waals surface area contributed by atoms with E-state index >= 15 is 0 Å². The number of hydrogen-bond acceptors (Lipinski definition) is 4. The molecule has 1 fully saturated rings. The van der Waals surface area contributed by atoms with Crippen LogP contribution in [0.2, 0.25) is 0 Å². The van der Waals surface area contributed by atoms with Crippen molar-refractivity contribution in [2.75, 3.05) is 24.5 Å². The van der Waals surface area contributed by atoms with E-state index in [1.54, 1.807) is 12.1 Å². The monoisotopic (exact) mass is 396 g/mol. The number of carboxylic acid groups (broad SMARTS) is 1. The first-order valence-electron chi connectivity index (χ1n) is 9.85. The lowest BCUT2D eigenvalue weighted by molar-refractivity contribution is 0.0141. The van der Waals surface area contributed by atoms with Gasteiger partial charge in [0.15, 0.2) is 0 Å². The van der Waals surface area contributed by atoms with Gasteiger partial charge in [0.25, 0.3) is 0 Å². The van der Waals surface area contributed by atoms with Crippen LogP contribution in [0.15, 0.2) is 54.6 Å². The van der Waals surface area contributed by atoms with Crippen LogP contribution in [0.5, 0.6) is 0 Å². The summed E-state index contributed by atoms with van der Waals surface area (Å²) in [6, 6.07) is 16.9. The molecule has 29 heavy (non-hydrogen) atoms. The van der Waals surface area contributed by atoms with Gasteiger partial charge in [0.2, 0.25) is 0 Å². The average molecular weight is 396 g/mol. The number of hydrogen-bond donors (Lipinski definition) is 1. The van der Waals surface area contributed by atoms with Gasteiger partial charge < -0.3 is 19.6 Å². The van der Waals surface area contributed by atoms with Gasteiger partial charge in [-0.2, -0.15) is 0 Å². The number of carboxylic acids is 1. The fourth-order valence-corrected chi connectivity index (χ4v) is 3.53. The predicted molar refractivity (Wildman–Crippen MR) is 112 cm³/mol. The van der Waals surface area contributed by atoms with Crippen LogP contribution in [0.4, 0.5) is 10.5 Å². The highest BCUT2D eigenvalue weighted by atomic mass is 16.6. The molecule has 0 aromatic heterocycles. The van der Waals surface area contributed by atoms with E-state index in [1.807, 2.05) is 56.0 Å². The van der Waals surface area contributed by atoms with Crippen LogP contribution in [-0.4, -0.2) is 53.3 Å². The fourth-order valence-electron chi connectivity index (χ4n) is 3.53. The minimum Gasteiger partial charge on any atom is -0.478 e. The third-order valence-electron chi connectivity index (χ3n) is 4.90. The molecule has 1 atom stereocenters. The Hall–Kier alpha value is -3.02. The molecule has 0 spiro atoms. The van der Waals surface area contributed by atoms with Gasteiger partial charge in [-0.05, 0) is 57.0 Å². The van der Waals surface area contributed by atoms with Crippen LogP contribution in [0.1, 0.15) is 36.7 Å². The average Bonchev–Trinajstić information content (AvgIpc) is 2.67. The molecule has 2 aromatic rings. The number of benzene rings is 2. The third-order valence-corrected chi connectivity index (χ3v) is 4.90. The molecule has 2 aromatic carbocycles. The van der Waals surface area contributed by atoms with E-state index in [2.05, 4.69) is 17.0 Å². The molecule has 0 aliphatic carbocycles. The van der Waals surface area contributed by atoms with Crippen molar-refractivity contribution in [2.24, 2.45) is 0 Å². The van der Waals surface area contributed by atoms with Crippen LogP contribution < -0.4 is 4.90 Å². The predicted octanol–water partition coefficient (Wildman–Crippen LogP) is 4.05. The van der Waals surface area contributed by atoms with E-state index < -0.39 is 11.6 Å². The standard InChI is InChI=1S/C23H28N2O4/c1-23(2,3)29-22(28)25-14-13-24(19-11-9-18(10-12-19)21(26)27)16-20(25)15-17-7-5-4-6-8-17/h4-12,20H,13-16H2,1-3H3,(H,26,27). The molecule has 1 aliphatic heterocycles. The lowest BCUT2D eigenvalue weighted by Gasteiger charge is -2.42. The van der Waals surface area contributed by atoms with Crippen molar-refractivity contribution in [3.8, 4) is 0 Å². The first-order chi connectivity index (χ1) is 13.7. The maximum absolute atomic E-state index is 12.8. The zero-order chi connectivity index (χ0) is 21.0. The van der Waals surface area contributed by atoms with E-state index in [0.29, 0.717) is 19.6 Å². The normalized spacial score (nSPS) is 17.1. The highest BCUT2D eigenvalue weighted by Gasteiger charge is 2.33. The molecule has 0 radical (unpaired) electrons. The number of amides is 1. The fraction of sp³-hybridized carbons (Fsp3) is 0.391. The lowest BCUT2D eigenvalue weighted by atomic mass is 10.0. The van der Waals surface area contributed by atoms with E-state index in [4.69, 9.17) is 9.84 Å². The van der Waals surface area contributed by atoms with Crippen molar-refractivity contribution in [3.63, 3.8) is 0 Å². The Morgan fingerprint density at radius 1 is 1.03 bits per heavy atom. The highest BCUT2D eigenvalue weighted by Crippen LogP contribution is 2.23. The van der Waals surface area contributed by atoms with Crippen LogP contribution >= 0.6 is 0 Å². The number of piperazine rings is 1. The Morgan fingerprint density at radius 3 is 2.28 bits per heavy atom. The van der Waals surface area contributed by atoms with E-state index in [9.17, 15) is 9.59 Å². The molecular weight excluding hydrogens is 368 g/mol. The minimum atomic E-state index is -0.937. The second kappa shape index (κ2) is 8.55. The van der Waals surface area contributed by atoms with Crippen LogP contribution in [-0.2, 0) is 11.2 Å². The molecule has 0 saturated carbocycles. The Labute approximate surface area is 171 Å². The summed E-state index contributed by atoms with van der Waals surface area (Å²) < 4.78 is 5.63. The summed E-state index contributed by atoms with van der Waals surface area (Å²) in [6.07, 6.45) is 0.434. The van der Waals surface area contributed by atoms with E-state index in [1.165, 1.54) is 0 Å². The summed E-state index contributed by atoms with van der Waals surface area (Å²) >= 11 is 0. The number of aromatic carboxylic acids is 1. The molecular formula is C23H28N2O4. The maximum atomic E-state index is 12.8. The van der Waals surface area contributed by atoms with Crippen molar-refractivity contribution in [1.29, 1.82) is 0 Å². The second-order valence-corrected chi connectivity index (χ2v) is 8.32. The number of nitrogens with zero attached hydrogens (tertiary/aromatic N) is 2. The summed E-state index contributed by atoms with van der Waals surface area (Å²) in [5.41, 5.74) is 1.84. The van der Waals surface area contributed by atoms with Gasteiger partial charge in [0, 0.05) is 25.3 Å². The van der Waals surface area contributed by atoms with Gasteiger partial charge in [-0.15, -0.1) is 0 Å². The smallest absolute Gasteiger partial charge is 0.410 e. The van der Waals surface area contributed by atoms with Crippen LogP contribution in [0, 0.1) is 0 Å². The van der Waals surface area contributed by atoms with Crippen LogP contribution in [0.25, 0.3) is 0 Å². The van der Waals surface area contributed by atoms with Crippen molar-refractivity contribution in [3.05, 3.63) is 65.7 Å². The summed E-state index contributed by atoms with van der Waals surface area (Å²) in [5.74, 6) is -0.937. The summed E-state index contributed by atoms with van der Waals surface area (Å²) in [6.45, 7) is 7.48. The zero-order valence-corrected chi connectivity index (χ0v) is 17.2. The van der Waals surface area contributed by atoms with Crippen molar-refractivity contribution < 1.29 is 19.4 Å². The molecule has 1 aliphatic rings. The van der Waals surface area contributed by atoms with E-state index in [-0.39, 0.29) is 17.7 Å². The van der Waals surface area contributed by atoms with Crippen LogP contribution in [0.3, 0.4) is 0 Å². The molecule has 1 amide bonds. The maximum Gasteiger partial charge on any atom is 0.410 e. The molecule has 1 saturated heterocycles. The molecule has 3 rings (SSSR count). The Morgan fingerprint density at radius 2 is 1.69 bits per heavy atom. The minimum absolute atomic E-state index is 0.0415. The number of carbonyl (C=O) groups is 2. The largest absolute Gasteiger partial charge is 0.478 e. The summed E-state index contributed by atoms with van der Waals surface area (Å²) in [7, 11) is 0. The summed E-state index contributed by atoms with van der Waals surface area (Å²) in [4.78, 5) is 27.9. The second-order valence-electron chi connectivity index (χ2n) is 8.32. The van der Waals surface area contributed by atoms with Gasteiger partial charge >= 0.3 is 12.1 Å². The lowest BCUT2D eigenvalue weighted by Crippen LogP contribution is -2.57. The molecule has 6 nitrogen and oxygen atoms in total. The Kier molecular flexibility index (Phi) is 6.11. The van der Waals surface area contributed by atoms with Gasteiger partial charge in [-0.3, -0.25) is 0 Å². The third kappa shape index (κ3) is 5.50. The first-order valence-corrected chi connectivity index (χ1v) is 9.85. The van der Waals surface area contributed by atoms with Gasteiger partial charge in [0.1, 0.15) is 5.60 Å². The van der Waals surface area contributed by atoms with Gasteiger partial charge in [-0.1, -0.05) is 30.3 Å². The number of anilines is 1. The number of ether oxygens (including phenoxy) is 1. The first kappa shape index (κ1) is 20.7. The van der Waals surface area contributed by atoms with Gasteiger partial charge in [-0.25, -0.2) is 9.59 Å². The Bertz CT molecular complexity index is 843. The molecule has 6 heteroatoms. The van der Waals surface area contributed by atoms with Crippen molar-refractivity contribution in [2.45, 2.75) is 38.8 Å². The molecule has 1 N–H and O–H groups in total. The zero-order valence-electron chi connectivity index (χ0n) is 17.2. The van der Waals surface area contributed by atoms with Crippen molar-refractivity contribution in [1.82, 2.24) is 4.90 Å². The summed E-state index contributed by atoms with van der Waals surface area (Å²) in [5, 5.41) is 9.11. The quantitative estimate of drug-likeness (QED) is 0.844. The molecule has 1 unspecified atom stereocenters. The molecule has 0 bridgehead atoms. The SMILES string of the molecule is CC(C)(C)OC(=O)N1CCN(c2ccc(C(=O)O)cc2)CC1Cc1ccccc1. The Balaban J connectivity index is 1.79. The topological polar surface area (TPSA) is 70.1 Å². The van der Waals surface area contributed by atoms with Crippen molar-refractivity contribution >= 4 is 17.7 Å². The van der Waals surface area contributed by atoms with E-state index in [0.717, 1.165) is 17.7 Å². The molecule has 1 heterocycles. The highest BCUT2D eigenvalue weighted by molar-refractivity contribution is 5.88. The van der Waals surface area contributed by atoms with Gasteiger partial charge in [0.05, 0.1) is 11.6 Å². The number of carbonyl (C=O) groups excluding carboxylic acids is 1. The number of rotatable bonds is 4. The molecule has 154 valence electrons.